The van der Waals surface area contributed by atoms with Crippen molar-refractivity contribution in [3.8, 4) is 0 Å². The summed E-state index contributed by atoms with van der Waals surface area (Å²) in [5, 5.41) is 4.60. The molecule has 3 aromatic heterocycles. The predicted octanol–water partition coefficient (Wildman–Crippen LogP) is 4.00. The van der Waals surface area contributed by atoms with Crippen LogP contribution in [-0.2, 0) is 6.42 Å². The number of nitrogens with one attached hydrogen (secondary N) is 1. The van der Waals surface area contributed by atoms with Gasteiger partial charge in [-0.15, -0.1) is 0 Å². The second kappa shape index (κ2) is 7.79. The first kappa shape index (κ1) is 16.3. The fourth-order valence-electron chi connectivity index (χ4n) is 2.17. The van der Waals surface area contributed by atoms with E-state index in [9.17, 15) is 0 Å². The van der Waals surface area contributed by atoms with Gasteiger partial charge in [0.05, 0.1) is 17.6 Å². The van der Waals surface area contributed by atoms with Crippen molar-refractivity contribution < 1.29 is 0 Å². The van der Waals surface area contributed by atoms with Crippen LogP contribution in [0, 0.1) is 6.92 Å². The lowest BCUT2D eigenvalue weighted by Crippen LogP contribution is -2.10. The molecule has 3 heterocycles. The normalized spacial score (nSPS) is 11.3. The summed E-state index contributed by atoms with van der Waals surface area (Å²) < 4.78 is 0.770. The number of anilines is 1. The average molecular weight is 382 g/mol. The van der Waals surface area contributed by atoms with Crippen molar-refractivity contribution in [2.75, 3.05) is 5.43 Å². The Bertz CT molecular complexity index is 849. The highest BCUT2D eigenvalue weighted by atomic mass is 79.9. The van der Waals surface area contributed by atoms with E-state index in [0.29, 0.717) is 6.42 Å². The Morgan fingerprint density at radius 1 is 1.12 bits per heavy atom. The van der Waals surface area contributed by atoms with Gasteiger partial charge in [0.25, 0.3) is 0 Å². The molecule has 0 atom stereocenters. The molecule has 0 aliphatic carbocycles. The zero-order chi connectivity index (χ0) is 16.8. The van der Waals surface area contributed by atoms with Crippen LogP contribution in [0.1, 0.15) is 16.8 Å². The molecule has 0 bridgehead atoms. The van der Waals surface area contributed by atoms with E-state index >= 15 is 0 Å². The Morgan fingerprint density at radius 3 is 2.79 bits per heavy atom. The van der Waals surface area contributed by atoms with E-state index in [1.54, 1.807) is 24.8 Å². The zero-order valence-corrected chi connectivity index (χ0v) is 14.7. The number of hydrogen-bond acceptors (Lipinski definition) is 5. The van der Waals surface area contributed by atoms with Crippen LogP contribution in [0.3, 0.4) is 0 Å². The number of aryl methyl sites for hydroxylation is 1. The summed E-state index contributed by atoms with van der Waals surface area (Å²) >= 11 is 3.41. The lowest BCUT2D eigenvalue weighted by molar-refractivity contribution is 1.12. The Labute approximate surface area is 149 Å². The molecule has 0 amide bonds. The number of hydrogen-bond donors (Lipinski definition) is 1. The van der Waals surface area contributed by atoms with Crippen molar-refractivity contribution in [2.45, 2.75) is 13.3 Å². The molecule has 24 heavy (non-hydrogen) atoms. The quantitative estimate of drug-likeness (QED) is 0.412. The Morgan fingerprint density at radius 2 is 2.04 bits per heavy atom. The number of halogens is 1. The zero-order valence-electron chi connectivity index (χ0n) is 13.1. The lowest BCUT2D eigenvalue weighted by atomic mass is 10.1. The number of pyridine rings is 3. The van der Waals surface area contributed by atoms with Crippen LogP contribution in [0.5, 0.6) is 0 Å². The topological polar surface area (TPSA) is 63.1 Å². The van der Waals surface area contributed by atoms with Gasteiger partial charge in [0, 0.05) is 36.3 Å². The summed E-state index contributed by atoms with van der Waals surface area (Å²) in [6.45, 7) is 2.01. The molecule has 0 aliphatic rings. The molecule has 0 unspecified atom stereocenters. The smallest absolute Gasteiger partial charge is 0.106 e. The number of rotatable bonds is 5. The van der Waals surface area contributed by atoms with E-state index in [1.165, 1.54) is 0 Å². The summed E-state index contributed by atoms with van der Waals surface area (Å²) in [6.07, 6.45) is 7.68. The molecule has 6 heteroatoms. The minimum Gasteiger partial charge on any atom is -0.276 e. The Hall–Kier alpha value is -2.60. The van der Waals surface area contributed by atoms with Crippen molar-refractivity contribution in [1.82, 2.24) is 15.0 Å². The monoisotopic (exact) mass is 381 g/mol. The maximum atomic E-state index is 4.60. The van der Waals surface area contributed by atoms with Crippen molar-refractivity contribution in [1.29, 1.82) is 0 Å². The van der Waals surface area contributed by atoms with Gasteiger partial charge in [0.15, 0.2) is 0 Å². The van der Waals surface area contributed by atoms with Crippen molar-refractivity contribution in [3.05, 3.63) is 82.6 Å². The number of aromatic nitrogens is 3. The van der Waals surface area contributed by atoms with Gasteiger partial charge in [-0.25, -0.2) is 4.98 Å². The van der Waals surface area contributed by atoms with Gasteiger partial charge in [-0.3, -0.25) is 15.4 Å². The van der Waals surface area contributed by atoms with Crippen LogP contribution in [0.4, 0.5) is 5.69 Å². The molecule has 5 nitrogen and oxygen atoms in total. The third-order valence-corrected chi connectivity index (χ3v) is 3.92. The predicted molar refractivity (Wildman–Crippen MR) is 99.0 cm³/mol. The van der Waals surface area contributed by atoms with E-state index < -0.39 is 0 Å². The molecule has 0 saturated heterocycles. The molecule has 120 valence electrons. The van der Waals surface area contributed by atoms with Gasteiger partial charge in [0.1, 0.15) is 4.60 Å². The van der Waals surface area contributed by atoms with Gasteiger partial charge < -0.3 is 0 Å². The Kier molecular flexibility index (Phi) is 5.28. The minimum atomic E-state index is 0.615. The second-order valence-electron chi connectivity index (χ2n) is 5.23. The lowest BCUT2D eigenvalue weighted by Gasteiger charge is -2.09. The first-order valence-corrected chi connectivity index (χ1v) is 8.27. The average Bonchev–Trinajstić information content (AvgIpc) is 2.61. The molecule has 0 fully saturated rings. The first-order chi connectivity index (χ1) is 11.7. The van der Waals surface area contributed by atoms with Crippen LogP contribution in [0.25, 0.3) is 0 Å². The molecule has 0 saturated carbocycles. The van der Waals surface area contributed by atoms with Crippen LogP contribution >= 0.6 is 15.9 Å². The summed E-state index contributed by atoms with van der Waals surface area (Å²) in [7, 11) is 0. The highest BCUT2D eigenvalue weighted by Crippen LogP contribution is 2.15. The van der Waals surface area contributed by atoms with Crippen LogP contribution in [-0.4, -0.2) is 20.7 Å². The van der Waals surface area contributed by atoms with Crippen molar-refractivity contribution >= 4 is 27.3 Å². The molecule has 3 rings (SSSR count). The minimum absolute atomic E-state index is 0.615. The van der Waals surface area contributed by atoms with Gasteiger partial charge in [-0.1, -0.05) is 6.07 Å². The third kappa shape index (κ3) is 4.23. The van der Waals surface area contributed by atoms with Crippen molar-refractivity contribution in [2.24, 2.45) is 5.10 Å². The fraction of sp³-hybridized carbons (Fsp3) is 0.111. The molecular weight excluding hydrogens is 366 g/mol. The molecule has 0 aromatic carbocycles. The summed E-state index contributed by atoms with van der Waals surface area (Å²) in [5.41, 5.74) is 7.89. The van der Waals surface area contributed by atoms with Crippen LogP contribution < -0.4 is 5.43 Å². The third-order valence-electron chi connectivity index (χ3n) is 3.48. The van der Waals surface area contributed by atoms with E-state index in [4.69, 9.17) is 0 Å². The van der Waals surface area contributed by atoms with Crippen LogP contribution in [0.2, 0.25) is 0 Å². The van der Waals surface area contributed by atoms with Gasteiger partial charge in [-0.05, 0) is 58.7 Å². The Balaban J connectivity index is 1.92. The molecule has 0 aliphatic heterocycles. The second-order valence-corrected chi connectivity index (χ2v) is 6.04. The summed E-state index contributed by atoms with van der Waals surface area (Å²) in [4.78, 5) is 12.7. The maximum Gasteiger partial charge on any atom is 0.106 e. The van der Waals surface area contributed by atoms with Crippen LogP contribution in [0.15, 0.2) is 70.9 Å². The highest BCUT2D eigenvalue weighted by Gasteiger charge is 2.08. The molecule has 1 N–H and O–H groups in total. The largest absolute Gasteiger partial charge is 0.276 e. The van der Waals surface area contributed by atoms with E-state index in [2.05, 4.69) is 41.4 Å². The standard InChI is InChI=1S/C18H16BrN5/c1-13-5-8-20-12-17(13)24-23-16(11-15-4-2-3-7-21-15)14-6-9-22-18(19)10-14/h2-10,12,24H,11H2,1H3. The summed E-state index contributed by atoms with van der Waals surface area (Å²) in [6, 6.07) is 11.7. The fourth-order valence-corrected chi connectivity index (χ4v) is 2.54. The van der Waals surface area contributed by atoms with E-state index in [-0.39, 0.29) is 0 Å². The number of hydrazone groups is 1. The SMILES string of the molecule is Cc1ccncc1NN=C(Cc1ccccn1)c1ccnc(Br)c1. The van der Waals surface area contributed by atoms with Gasteiger partial charge in [-0.2, -0.15) is 5.10 Å². The van der Waals surface area contributed by atoms with Gasteiger partial charge >= 0.3 is 0 Å². The van der Waals surface area contributed by atoms with E-state index in [1.807, 2.05) is 43.3 Å². The first-order valence-electron chi connectivity index (χ1n) is 7.47. The molecule has 0 spiro atoms. The van der Waals surface area contributed by atoms with Crippen molar-refractivity contribution in [3.63, 3.8) is 0 Å². The molecule has 3 aromatic rings. The van der Waals surface area contributed by atoms with Gasteiger partial charge in [0.2, 0.25) is 0 Å². The molecule has 0 radical (unpaired) electrons. The van der Waals surface area contributed by atoms with E-state index in [0.717, 1.165) is 32.8 Å². The summed E-state index contributed by atoms with van der Waals surface area (Å²) in [5.74, 6) is 0. The molecular formula is C18H16BrN5. The highest BCUT2D eigenvalue weighted by molar-refractivity contribution is 9.10. The maximum absolute atomic E-state index is 4.60. The number of nitrogens with zero attached hydrogens (tertiary/aromatic N) is 4.